The first-order chi connectivity index (χ1) is 10.1. The number of carbonyl (C=O) groups excluding carboxylic acids is 1. The molecule has 1 aliphatic rings. The van der Waals surface area contributed by atoms with E-state index in [0.29, 0.717) is 0 Å². The molecule has 0 aliphatic carbocycles. The molecule has 1 N–H and O–H groups in total. The molecule has 0 bridgehead atoms. The first-order valence-electron chi connectivity index (χ1n) is 6.40. The third kappa shape index (κ3) is 2.15. The Morgan fingerprint density at radius 2 is 1.86 bits per heavy atom. The van der Waals surface area contributed by atoms with E-state index in [0.717, 1.165) is 5.56 Å². The van der Waals surface area contributed by atoms with Crippen LogP contribution in [0.15, 0.2) is 48.5 Å². The van der Waals surface area contributed by atoms with Gasteiger partial charge in [-0.25, -0.2) is 0 Å². The lowest BCUT2D eigenvalue weighted by atomic mass is 10.1. The summed E-state index contributed by atoms with van der Waals surface area (Å²) >= 11 is 0. The second-order valence-corrected chi connectivity index (χ2v) is 4.79. The van der Waals surface area contributed by atoms with Crippen LogP contribution in [0.2, 0.25) is 0 Å². The topological polar surface area (TPSA) is 83.7 Å². The number of hydrogen-bond donors (Lipinski definition) is 1. The van der Waals surface area contributed by atoms with Gasteiger partial charge in [-0.05, 0) is 5.56 Å². The predicted octanol–water partition coefficient (Wildman–Crippen LogP) is 2.24. The van der Waals surface area contributed by atoms with Crippen molar-refractivity contribution in [2.24, 2.45) is 0 Å². The Kier molecular flexibility index (Phi) is 3.15. The second-order valence-electron chi connectivity index (χ2n) is 4.79. The SMILES string of the molecule is O=C1c2c(cccc2[N+](=O)[O-])C(O)N1Cc1ccccc1. The molecule has 6 nitrogen and oxygen atoms in total. The summed E-state index contributed by atoms with van der Waals surface area (Å²) in [7, 11) is 0. The van der Waals surface area contributed by atoms with E-state index in [2.05, 4.69) is 0 Å². The van der Waals surface area contributed by atoms with E-state index in [-0.39, 0.29) is 23.4 Å². The summed E-state index contributed by atoms with van der Waals surface area (Å²) in [5.74, 6) is -0.520. The van der Waals surface area contributed by atoms with E-state index in [1.807, 2.05) is 30.3 Å². The van der Waals surface area contributed by atoms with Gasteiger partial charge in [-0.15, -0.1) is 0 Å². The average Bonchev–Trinajstić information content (AvgIpc) is 2.73. The predicted molar refractivity (Wildman–Crippen MR) is 74.4 cm³/mol. The average molecular weight is 284 g/mol. The molecule has 1 heterocycles. The Morgan fingerprint density at radius 3 is 2.52 bits per heavy atom. The summed E-state index contributed by atoms with van der Waals surface area (Å²) < 4.78 is 0. The van der Waals surface area contributed by atoms with E-state index in [1.54, 1.807) is 0 Å². The number of carbonyl (C=O) groups is 1. The standard InChI is InChI=1S/C15H12N2O4/c18-14-11-7-4-8-12(17(20)21)13(11)15(19)16(14)9-10-5-2-1-3-6-10/h1-8,14,18H,9H2. The number of benzene rings is 2. The highest BCUT2D eigenvalue weighted by Crippen LogP contribution is 2.37. The maximum absolute atomic E-state index is 12.4. The highest BCUT2D eigenvalue weighted by Gasteiger charge is 2.40. The zero-order valence-electron chi connectivity index (χ0n) is 11.0. The maximum atomic E-state index is 12.4. The number of rotatable bonds is 3. The summed E-state index contributed by atoms with van der Waals surface area (Å²) in [6.07, 6.45) is -1.16. The van der Waals surface area contributed by atoms with Crippen LogP contribution in [0.25, 0.3) is 0 Å². The number of nitrogens with zero attached hydrogens (tertiary/aromatic N) is 2. The lowest BCUT2D eigenvalue weighted by Gasteiger charge is -2.20. The van der Waals surface area contributed by atoms with Gasteiger partial charge in [0.25, 0.3) is 11.6 Å². The van der Waals surface area contributed by atoms with Gasteiger partial charge in [0.05, 0.1) is 4.92 Å². The molecule has 6 heteroatoms. The molecule has 21 heavy (non-hydrogen) atoms. The van der Waals surface area contributed by atoms with Gasteiger partial charge in [0.15, 0.2) is 6.23 Å². The molecule has 1 atom stereocenters. The van der Waals surface area contributed by atoms with E-state index in [1.165, 1.54) is 23.1 Å². The van der Waals surface area contributed by atoms with Crippen molar-refractivity contribution in [1.82, 2.24) is 4.90 Å². The summed E-state index contributed by atoms with van der Waals surface area (Å²) in [4.78, 5) is 24.1. The Balaban J connectivity index is 1.99. The van der Waals surface area contributed by atoms with Crippen LogP contribution in [0.3, 0.4) is 0 Å². The minimum atomic E-state index is -1.16. The zero-order valence-corrected chi connectivity index (χ0v) is 11.0. The van der Waals surface area contributed by atoms with Crippen molar-refractivity contribution < 1.29 is 14.8 Å². The number of nitro groups is 1. The molecular weight excluding hydrogens is 272 g/mol. The first-order valence-corrected chi connectivity index (χ1v) is 6.40. The van der Waals surface area contributed by atoms with Crippen molar-refractivity contribution in [3.63, 3.8) is 0 Å². The highest BCUT2D eigenvalue weighted by molar-refractivity contribution is 6.02. The first kappa shape index (κ1) is 13.3. The van der Waals surface area contributed by atoms with Crippen molar-refractivity contribution >= 4 is 11.6 Å². The summed E-state index contributed by atoms with van der Waals surface area (Å²) in [6.45, 7) is 0.201. The van der Waals surface area contributed by atoms with Crippen molar-refractivity contribution in [3.05, 3.63) is 75.3 Å². The van der Waals surface area contributed by atoms with Crippen molar-refractivity contribution in [3.8, 4) is 0 Å². The smallest absolute Gasteiger partial charge is 0.282 e. The largest absolute Gasteiger partial charge is 0.369 e. The van der Waals surface area contributed by atoms with Crippen LogP contribution in [-0.2, 0) is 6.54 Å². The van der Waals surface area contributed by atoms with Gasteiger partial charge >= 0.3 is 0 Å². The molecule has 0 fully saturated rings. The number of amides is 1. The van der Waals surface area contributed by atoms with Crippen molar-refractivity contribution in [2.45, 2.75) is 12.8 Å². The van der Waals surface area contributed by atoms with Crippen molar-refractivity contribution in [1.29, 1.82) is 0 Å². The van der Waals surface area contributed by atoms with Gasteiger partial charge in [0, 0.05) is 18.2 Å². The molecule has 0 saturated heterocycles. The van der Waals surface area contributed by atoms with Crippen LogP contribution in [0.4, 0.5) is 5.69 Å². The molecule has 1 amide bonds. The summed E-state index contributed by atoms with van der Waals surface area (Å²) in [6, 6.07) is 13.5. The molecule has 3 rings (SSSR count). The molecule has 0 saturated carbocycles. The number of hydrogen-bond acceptors (Lipinski definition) is 4. The van der Waals surface area contributed by atoms with Crippen molar-refractivity contribution in [2.75, 3.05) is 0 Å². The Hall–Kier alpha value is -2.73. The molecule has 0 radical (unpaired) electrons. The van der Waals surface area contributed by atoms with E-state index >= 15 is 0 Å². The summed E-state index contributed by atoms with van der Waals surface area (Å²) in [5.41, 5.74) is 0.837. The minimum Gasteiger partial charge on any atom is -0.369 e. The van der Waals surface area contributed by atoms with Crippen LogP contribution in [0, 0.1) is 10.1 Å². The monoisotopic (exact) mass is 284 g/mol. The zero-order chi connectivity index (χ0) is 15.0. The minimum absolute atomic E-state index is 0.0223. The van der Waals surface area contributed by atoms with Gasteiger partial charge in [-0.3, -0.25) is 14.9 Å². The van der Waals surface area contributed by atoms with E-state index < -0.39 is 17.1 Å². The number of fused-ring (bicyclic) bond motifs is 1. The number of aliphatic hydroxyl groups is 1. The van der Waals surface area contributed by atoms with Crippen LogP contribution in [0.1, 0.15) is 27.7 Å². The van der Waals surface area contributed by atoms with Gasteiger partial charge in [-0.1, -0.05) is 42.5 Å². The second kappa shape index (κ2) is 4.99. The maximum Gasteiger partial charge on any atom is 0.282 e. The molecule has 2 aromatic carbocycles. The molecule has 0 spiro atoms. The fraction of sp³-hybridized carbons (Fsp3) is 0.133. The van der Waals surface area contributed by atoms with Gasteiger partial charge in [0.2, 0.25) is 0 Å². The van der Waals surface area contributed by atoms with E-state index in [9.17, 15) is 20.0 Å². The number of nitro benzene ring substituents is 1. The van der Waals surface area contributed by atoms with E-state index in [4.69, 9.17) is 0 Å². The quantitative estimate of drug-likeness (QED) is 0.692. The van der Waals surface area contributed by atoms with Crippen LogP contribution in [0.5, 0.6) is 0 Å². The number of aliphatic hydroxyl groups excluding tert-OH is 1. The van der Waals surface area contributed by atoms with Gasteiger partial charge < -0.3 is 10.0 Å². The normalized spacial score (nSPS) is 16.9. The Labute approximate surface area is 120 Å². The Morgan fingerprint density at radius 1 is 1.14 bits per heavy atom. The van der Waals surface area contributed by atoms with Crippen LogP contribution >= 0.6 is 0 Å². The fourth-order valence-electron chi connectivity index (χ4n) is 2.52. The highest BCUT2D eigenvalue weighted by atomic mass is 16.6. The van der Waals surface area contributed by atoms with Crippen LogP contribution < -0.4 is 0 Å². The fourth-order valence-corrected chi connectivity index (χ4v) is 2.52. The third-order valence-corrected chi connectivity index (χ3v) is 3.52. The Bertz CT molecular complexity index is 715. The molecule has 106 valence electrons. The molecule has 1 unspecified atom stereocenters. The molecular formula is C15H12N2O4. The van der Waals surface area contributed by atoms with Gasteiger partial charge in [-0.2, -0.15) is 0 Å². The van der Waals surface area contributed by atoms with Crippen LogP contribution in [-0.4, -0.2) is 20.8 Å². The molecule has 1 aliphatic heterocycles. The summed E-state index contributed by atoms with van der Waals surface area (Å²) in [5, 5.41) is 21.3. The lowest BCUT2D eigenvalue weighted by molar-refractivity contribution is -0.385. The molecule has 2 aromatic rings. The molecule has 0 aromatic heterocycles. The third-order valence-electron chi connectivity index (χ3n) is 3.52. The van der Waals surface area contributed by atoms with Gasteiger partial charge in [0.1, 0.15) is 5.56 Å². The lowest BCUT2D eigenvalue weighted by Crippen LogP contribution is -2.27.